The molecule has 1 aromatic heterocycles. The van der Waals surface area contributed by atoms with Crippen molar-refractivity contribution < 1.29 is 4.74 Å². The summed E-state index contributed by atoms with van der Waals surface area (Å²) < 4.78 is 5.31. The van der Waals surface area contributed by atoms with Gasteiger partial charge in [0.2, 0.25) is 0 Å². The summed E-state index contributed by atoms with van der Waals surface area (Å²) in [6.45, 7) is 7.70. The second-order valence-electron chi connectivity index (χ2n) is 8.22. The Morgan fingerprint density at radius 3 is 2.71 bits per heavy atom. The highest BCUT2D eigenvalue weighted by Crippen LogP contribution is 2.43. The molecule has 2 fully saturated rings. The van der Waals surface area contributed by atoms with Gasteiger partial charge in [0, 0.05) is 46.1 Å². The van der Waals surface area contributed by atoms with Crippen LogP contribution in [0.15, 0.2) is 23.3 Å². The number of pyridine rings is 1. The van der Waals surface area contributed by atoms with Gasteiger partial charge in [-0.15, -0.1) is 0 Å². The standard InChI is InChI=1S/C22H37N5O/c1-3-23-21(26-18-22(9-7-10-22)11-15-28-2)25-17-19-8-12-24-20(16-19)27-13-5-4-6-14-27/h8,12,16H,3-7,9-11,13-15,17-18H2,1-2H3,(H2,23,25,26). The van der Waals surface area contributed by atoms with Gasteiger partial charge in [0.15, 0.2) is 5.96 Å². The van der Waals surface area contributed by atoms with Gasteiger partial charge in [0.1, 0.15) is 5.82 Å². The van der Waals surface area contributed by atoms with Crippen molar-refractivity contribution in [2.75, 3.05) is 44.8 Å². The monoisotopic (exact) mass is 387 g/mol. The Morgan fingerprint density at radius 2 is 2.04 bits per heavy atom. The lowest BCUT2D eigenvalue weighted by Crippen LogP contribution is -2.46. The van der Waals surface area contributed by atoms with Gasteiger partial charge in [-0.1, -0.05) is 6.42 Å². The molecule has 2 N–H and O–H groups in total. The summed E-state index contributed by atoms with van der Waals surface area (Å²) in [6.07, 6.45) is 10.8. The van der Waals surface area contributed by atoms with E-state index in [0.717, 1.165) is 51.0 Å². The average molecular weight is 388 g/mol. The van der Waals surface area contributed by atoms with E-state index < -0.39 is 0 Å². The van der Waals surface area contributed by atoms with Crippen LogP contribution in [0.3, 0.4) is 0 Å². The van der Waals surface area contributed by atoms with Crippen LogP contribution in [0, 0.1) is 5.41 Å². The minimum absolute atomic E-state index is 0.379. The molecule has 0 bridgehead atoms. The SMILES string of the molecule is CCNC(=NCc1ccnc(N2CCCCC2)c1)NCC1(CCOC)CCC1. The van der Waals surface area contributed by atoms with Gasteiger partial charge < -0.3 is 20.3 Å². The highest BCUT2D eigenvalue weighted by atomic mass is 16.5. The first-order valence-corrected chi connectivity index (χ1v) is 11.0. The predicted molar refractivity (Wildman–Crippen MR) is 116 cm³/mol. The fourth-order valence-corrected chi connectivity index (χ4v) is 4.15. The lowest BCUT2D eigenvalue weighted by molar-refractivity contribution is 0.0732. The molecule has 2 aliphatic rings. The zero-order valence-corrected chi connectivity index (χ0v) is 17.7. The van der Waals surface area contributed by atoms with Gasteiger partial charge in [-0.3, -0.25) is 0 Å². The molecular formula is C22H37N5O. The van der Waals surface area contributed by atoms with Crippen LogP contribution in [0.25, 0.3) is 0 Å². The third kappa shape index (κ3) is 5.84. The molecular weight excluding hydrogens is 350 g/mol. The molecule has 1 saturated heterocycles. The summed E-state index contributed by atoms with van der Waals surface area (Å²) in [5, 5.41) is 6.97. The van der Waals surface area contributed by atoms with E-state index in [0.29, 0.717) is 12.0 Å². The smallest absolute Gasteiger partial charge is 0.191 e. The number of hydrogen-bond donors (Lipinski definition) is 2. The zero-order valence-electron chi connectivity index (χ0n) is 17.7. The highest BCUT2D eigenvalue weighted by molar-refractivity contribution is 5.79. The Bertz CT molecular complexity index is 623. The van der Waals surface area contributed by atoms with E-state index in [1.807, 2.05) is 6.20 Å². The number of rotatable bonds is 9. The third-order valence-electron chi connectivity index (χ3n) is 6.14. The lowest BCUT2D eigenvalue weighted by atomic mass is 9.67. The maximum Gasteiger partial charge on any atom is 0.191 e. The lowest BCUT2D eigenvalue weighted by Gasteiger charge is -2.42. The molecule has 0 radical (unpaired) electrons. The van der Waals surface area contributed by atoms with Crippen LogP contribution < -0.4 is 15.5 Å². The number of aromatic nitrogens is 1. The van der Waals surface area contributed by atoms with Crippen molar-refractivity contribution in [1.82, 2.24) is 15.6 Å². The second-order valence-corrected chi connectivity index (χ2v) is 8.22. The van der Waals surface area contributed by atoms with Gasteiger partial charge >= 0.3 is 0 Å². The molecule has 0 aromatic carbocycles. The van der Waals surface area contributed by atoms with E-state index in [4.69, 9.17) is 9.73 Å². The molecule has 6 heteroatoms. The van der Waals surface area contributed by atoms with E-state index >= 15 is 0 Å². The fraction of sp³-hybridized carbons (Fsp3) is 0.727. The molecule has 6 nitrogen and oxygen atoms in total. The summed E-state index contributed by atoms with van der Waals surface area (Å²) in [6, 6.07) is 4.27. The van der Waals surface area contributed by atoms with Crippen LogP contribution in [-0.4, -0.2) is 50.8 Å². The van der Waals surface area contributed by atoms with Crippen molar-refractivity contribution in [2.45, 2.75) is 58.4 Å². The van der Waals surface area contributed by atoms with Crippen molar-refractivity contribution in [1.29, 1.82) is 0 Å². The number of methoxy groups -OCH3 is 1. The Kier molecular flexibility index (Phi) is 7.95. The summed E-state index contributed by atoms with van der Waals surface area (Å²) >= 11 is 0. The Hall–Kier alpha value is -1.82. The molecule has 3 rings (SSSR count). The van der Waals surface area contributed by atoms with Crippen LogP contribution in [0.1, 0.15) is 57.4 Å². The van der Waals surface area contributed by atoms with Crippen LogP contribution in [0.4, 0.5) is 5.82 Å². The molecule has 0 amide bonds. The number of piperidine rings is 1. The van der Waals surface area contributed by atoms with Crippen molar-refractivity contribution in [2.24, 2.45) is 10.4 Å². The number of aliphatic imine (C=N–C) groups is 1. The van der Waals surface area contributed by atoms with Gasteiger partial charge in [0.05, 0.1) is 6.54 Å². The fourth-order valence-electron chi connectivity index (χ4n) is 4.15. The zero-order chi connectivity index (χ0) is 19.7. The first-order chi connectivity index (χ1) is 13.7. The molecule has 156 valence electrons. The van der Waals surface area contributed by atoms with Crippen LogP contribution in [-0.2, 0) is 11.3 Å². The first kappa shape index (κ1) is 20.9. The molecule has 1 saturated carbocycles. The number of ether oxygens (including phenoxy) is 1. The average Bonchev–Trinajstić information content (AvgIpc) is 2.71. The topological polar surface area (TPSA) is 61.8 Å². The van der Waals surface area contributed by atoms with Crippen molar-refractivity contribution in [3.05, 3.63) is 23.9 Å². The van der Waals surface area contributed by atoms with Gasteiger partial charge in [-0.05, 0) is 68.6 Å². The number of nitrogens with one attached hydrogen (secondary N) is 2. The molecule has 2 heterocycles. The minimum atomic E-state index is 0.379. The van der Waals surface area contributed by atoms with Crippen LogP contribution >= 0.6 is 0 Å². The van der Waals surface area contributed by atoms with E-state index in [1.165, 1.54) is 44.1 Å². The predicted octanol–water partition coefficient (Wildman–Crippen LogP) is 3.33. The molecule has 0 spiro atoms. The summed E-state index contributed by atoms with van der Waals surface area (Å²) in [4.78, 5) is 11.8. The van der Waals surface area contributed by atoms with E-state index in [9.17, 15) is 0 Å². The van der Waals surface area contributed by atoms with Gasteiger partial charge in [-0.25, -0.2) is 9.98 Å². The maximum atomic E-state index is 5.31. The minimum Gasteiger partial charge on any atom is -0.385 e. The number of nitrogens with zero attached hydrogens (tertiary/aromatic N) is 3. The van der Waals surface area contributed by atoms with E-state index in [2.05, 4.69) is 39.6 Å². The third-order valence-corrected chi connectivity index (χ3v) is 6.14. The second kappa shape index (κ2) is 10.6. The van der Waals surface area contributed by atoms with Gasteiger partial charge in [-0.2, -0.15) is 0 Å². The van der Waals surface area contributed by atoms with Gasteiger partial charge in [0.25, 0.3) is 0 Å². The normalized spacial score (nSPS) is 19.2. The Labute approximate surface area is 170 Å². The number of guanidine groups is 1. The van der Waals surface area contributed by atoms with Crippen molar-refractivity contribution in [3.8, 4) is 0 Å². The molecule has 1 aliphatic carbocycles. The molecule has 28 heavy (non-hydrogen) atoms. The van der Waals surface area contributed by atoms with Crippen LogP contribution in [0.5, 0.6) is 0 Å². The molecule has 0 atom stereocenters. The first-order valence-electron chi connectivity index (χ1n) is 11.0. The van der Waals surface area contributed by atoms with Crippen LogP contribution in [0.2, 0.25) is 0 Å². The highest BCUT2D eigenvalue weighted by Gasteiger charge is 2.36. The molecule has 1 aliphatic heterocycles. The quantitative estimate of drug-likeness (QED) is 0.503. The summed E-state index contributed by atoms with van der Waals surface area (Å²) in [5.74, 6) is 2.00. The molecule has 0 unspecified atom stereocenters. The Morgan fingerprint density at radius 1 is 1.21 bits per heavy atom. The van der Waals surface area contributed by atoms with E-state index in [-0.39, 0.29) is 0 Å². The largest absolute Gasteiger partial charge is 0.385 e. The molecule has 1 aromatic rings. The Balaban J connectivity index is 1.58. The number of hydrogen-bond acceptors (Lipinski definition) is 4. The summed E-state index contributed by atoms with van der Waals surface area (Å²) in [5.41, 5.74) is 1.59. The van der Waals surface area contributed by atoms with Crippen molar-refractivity contribution in [3.63, 3.8) is 0 Å². The summed E-state index contributed by atoms with van der Waals surface area (Å²) in [7, 11) is 1.79. The number of anilines is 1. The van der Waals surface area contributed by atoms with Crippen molar-refractivity contribution >= 4 is 11.8 Å². The van der Waals surface area contributed by atoms with E-state index in [1.54, 1.807) is 7.11 Å². The maximum absolute atomic E-state index is 5.31.